The van der Waals surface area contributed by atoms with Crippen LogP contribution in [0.4, 0.5) is 0 Å². The summed E-state index contributed by atoms with van der Waals surface area (Å²) < 4.78 is 0. The molecule has 1 N–H and O–H groups in total. The summed E-state index contributed by atoms with van der Waals surface area (Å²) >= 11 is 0. The fourth-order valence-corrected chi connectivity index (χ4v) is 1.81. The number of hydrogen-bond donors (Lipinski definition) is 1. The van der Waals surface area contributed by atoms with Crippen LogP contribution < -0.4 is 5.32 Å². The molecule has 1 aromatic heterocycles. The van der Waals surface area contributed by atoms with Crippen LogP contribution in [-0.4, -0.2) is 16.7 Å². The van der Waals surface area contributed by atoms with Crippen LogP contribution in [-0.2, 0) is 0 Å². The SMILES string of the molecule is C=C(C)CC(NCC)c1cc(C)nnc1C. The van der Waals surface area contributed by atoms with Crippen molar-refractivity contribution >= 4 is 0 Å². The smallest absolute Gasteiger partial charge is 0.0648 e. The predicted octanol–water partition coefficient (Wildman–Crippen LogP) is 2.71. The Labute approximate surface area is 98.0 Å². The molecule has 3 heteroatoms. The number of aryl methyl sites for hydroxylation is 2. The first kappa shape index (κ1) is 12.8. The van der Waals surface area contributed by atoms with Crippen molar-refractivity contribution in [2.45, 2.75) is 40.2 Å². The monoisotopic (exact) mass is 219 g/mol. The minimum atomic E-state index is 0.302. The van der Waals surface area contributed by atoms with Crippen molar-refractivity contribution in [3.8, 4) is 0 Å². The molecule has 0 saturated heterocycles. The largest absolute Gasteiger partial charge is 0.310 e. The summed E-state index contributed by atoms with van der Waals surface area (Å²) in [7, 11) is 0. The molecular weight excluding hydrogens is 198 g/mol. The van der Waals surface area contributed by atoms with E-state index in [-0.39, 0.29) is 0 Å². The molecule has 0 fully saturated rings. The van der Waals surface area contributed by atoms with Gasteiger partial charge in [0.1, 0.15) is 0 Å². The number of aromatic nitrogens is 2. The number of hydrogen-bond acceptors (Lipinski definition) is 3. The van der Waals surface area contributed by atoms with Crippen LogP contribution in [0, 0.1) is 13.8 Å². The van der Waals surface area contributed by atoms with Crippen LogP contribution in [0.3, 0.4) is 0 Å². The second-order valence-corrected chi connectivity index (χ2v) is 4.30. The maximum Gasteiger partial charge on any atom is 0.0648 e. The highest BCUT2D eigenvalue weighted by Crippen LogP contribution is 2.22. The van der Waals surface area contributed by atoms with Gasteiger partial charge in [-0.15, -0.1) is 6.58 Å². The molecule has 0 bridgehead atoms. The van der Waals surface area contributed by atoms with Crippen LogP contribution in [0.1, 0.15) is 43.3 Å². The minimum absolute atomic E-state index is 0.302. The fourth-order valence-electron chi connectivity index (χ4n) is 1.81. The van der Waals surface area contributed by atoms with Crippen molar-refractivity contribution in [3.63, 3.8) is 0 Å². The lowest BCUT2D eigenvalue weighted by Crippen LogP contribution is -2.22. The lowest BCUT2D eigenvalue weighted by molar-refractivity contribution is 0.541. The lowest BCUT2D eigenvalue weighted by atomic mass is 9.99. The first-order valence-electron chi connectivity index (χ1n) is 5.73. The molecule has 0 aromatic carbocycles. The third-order valence-electron chi connectivity index (χ3n) is 2.52. The molecule has 1 aromatic rings. The van der Waals surface area contributed by atoms with Crippen molar-refractivity contribution in [2.24, 2.45) is 0 Å². The highest BCUT2D eigenvalue weighted by Gasteiger charge is 2.14. The Morgan fingerprint density at radius 1 is 1.44 bits per heavy atom. The zero-order valence-electron chi connectivity index (χ0n) is 10.7. The molecule has 1 rings (SSSR count). The van der Waals surface area contributed by atoms with E-state index in [0.29, 0.717) is 6.04 Å². The average molecular weight is 219 g/mol. The highest BCUT2D eigenvalue weighted by atomic mass is 15.1. The molecular formula is C13H21N3. The molecule has 0 spiro atoms. The van der Waals surface area contributed by atoms with E-state index in [2.05, 4.69) is 42.0 Å². The number of nitrogens with zero attached hydrogens (tertiary/aromatic N) is 2. The van der Waals surface area contributed by atoms with Crippen molar-refractivity contribution in [1.29, 1.82) is 0 Å². The van der Waals surface area contributed by atoms with Crippen molar-refractivity contribution in [2.75, 3.05) is 6.54 Å². The van der Waals surface area contributed by atoms with Gasteiger partial charge in [-0.25, -0.2) is 0 Å². The molecule has 1 atom stereocenters. The number of rotatable bonds is 5. The van der Waals surface area contributed by atoms with Gasteiger partial charge < -0.3 is 5.32 Å². The second kappa shape index (κ2) is 5.75. The van der Waals surface area contributed by atoms with E-state index in [1.807, 2.05) is 13.8 Å². The van der Waals surface area contributed by atoms with E-state index in [1.165, 1.54) is 11.1 Å². The molecule has 16 heavy (non-hydrogen) atoms. The zero-order valence-corrected chi connectivity index (χ0v) is 10.7. The maximum atomic E-state index is 4.17. The van der Waals surface area contributed by atoms with Crippen molar-refractivity contribution < 1.29 is 0 Å². The Kier molecular flexibility index (Phi) is 4.62. The van der Waals surface area contributed by atoms with E-state index in [9.17, 15) is 0 Å². The van der Waals surface area contributed by atoms with Gasteiger partial charge in [-0.3, -0.25) is 0 Å². The summed E-state index contributed by atoms with van der Waals surface area (Å²) in [6, 6.07) is 2.41. The Bertz CT molecular complexity index is 371. The summed E-state index contributed by atoms with van der Waals surface area (Å²) in [6.45, 7) is 13.1. The summed E-state index contributed by atoms with van der Waals surface area (Å²) in [6.07, 6.45) is 0.944. The quantitative estimate of drug-likeness (QED) is 0.774. The fraction of sp³-hybridized carbons (Fsp3) is 0.538. The Hall–Kier alpha value is -1.22. The van der Waals surface area contributed by atoms with E-state index in [0.717, 1.165) is 24.4 Å². The van der Waals surface area contributed by atoms with Crippen molar-refractivity contribution in [1.82, 2.24) is 15.5 Å². The van der Waals surface area contributed by atoms with E-state index in [4.69, 9.17) is 0 Å². The van der Waals surface area contributed by atoms with Gasteiger partial charge >= 0.3 is 0 Å². The van der Waals surface area contributed by atoms with Gasteiger partial charge in [0.15, 0.2) is 0 Å². The summed E-state index contributed by atoms with van der Waals surface area (Å²) in [5.41, 5.74) is 4.38. The lowest BCUT2D eigenvalue weighted by Gasteiger charge is -2.19. The summed E-state index contributed by atoms with van der Waals surface area (Å²) in [5.74, 6) is 0. The molecule has 3 nitrogen and oxygen atoms in total. The third-order valence-corrected chi connectivity index (χ3v) is 2.52. The first-order valence-corrected chi connectivity index (χ1v) is 5.73. The number of nitrogens with one attached hydrogen (secondary N) is 1. The average Bonchev–Trinajstić information content (AvgIpc) is 2.20. The van der Waals surface area contributed by atoms with Crippen molar-refractivity contribution in [3.05, 3.63) is 35.2 Å². The zero-order chi connectivity index (χ0) is 12.1. The Morgan fingerprint density at radius 2 is 2.12 bits per heavy atom. The van der Waals surface area contributed by atoms with Gasteiger partial charge in [-0.2, -0.15) is 10.2 Å². The minimum Gasteiger partial charge on any atom is -0.310 e. The molecule has 1 heterocycles. The van der Waals surface area contributed by atoms with E-state index < -0.39 is 0 Å². The van der Waals surface area contributed by atoms with Crippen LogP contribution in [0.2, 0.25) is 0 Å². The first-order chi connectivity index (χ1) is 7.54. The normalized spacial score (nSPS) is 12.5. The molecule has 0 saturated carbocycles. The molecule has 1 unspecified atom stereocenters. The molecule has 0 radical (unpaired) electrons. The van der Waals surface area contributed by atoms with Crippen LogP contribution in [0.5, 0.6) is 0 Å². The molecule has 0 aliphatic heterocycles. The molecule has 88 valence electrons. The second-order valence-electron chi connectivity index (χ2n) is 4.30. The summed E-state index contributed by atoms with van der Waals surface area (Å²) in [4.78, 5) is 0. The van der Waals surface area contributed by atoms with Gasteiger partial charge in [0.05, 0.1) is 11.4 Å². The predicted molar refractivity (Wildman–Crippen MR) is 67.4 cm³/mol. The standard InChI is InChI=1S/C13H21N3/c1-6-14-13(7-9(2)3)12-8-10(4)15-16-11(12)5/h8,13-14H,2,6-7H2,1,3-5H3. The van der Waals surface area contributed by atoms with Gasteiger partial charge in [0.25, 0.3) is 0 Å². The van der Waals surface area contributed by atoms with Gasteiger partial charge in [-0.1, -0.05) is 12.5 Å². The van der Waals surface area contributed by atoms with Crippen LogP contribution in [0.15, 0.2) is 18.2 Å². The van der Waals surface area contributed by atoms with Crippen LogP contribution in [0.25, 0.3) is 0 Å². The highest BCUT2D eigenvalue weighted by molar-refractivity contribution is 5.25. The van der Waals surface area contributed by atoms with Gasteiger partial charge in [0.2, 0.25) is 0 Å². The van der Waals surface area contributed by atoms with E-state index >= 15 is 0 Å². The summed E-state index contributed by atoms with van der Waals surface area (Å²) in [5, 5.41) is 11.7. The maximum absolute atomic E-state index is 4.17. The third kappa shape index (κ3) is 3.42. The van der Waals surface area contributed by atoms with Gasteiger partial charge in [0, 0.05) is 6.04 Å². The Morgan fingerprint density at radius 3 is 2.69 bits per heavy atom. The van der Waals surface area contributed by atoms with Gasteiger partial charge in [-0.05, 0) is 45.4 Å². The van der Waals surface area contributed by atoms with Crippen LogP contribution >= 0.6 is 0 Å². The molecule has 0 aliphatic carbocycles. The molecule has 0 aliphatic rings. The van der Waals surface area contributed by atoms with E-state index in [1.54, 1.807) is 0 Å². The Balaban J connectivity index is 2.99. The molecule has 0 amide bonds. The topological polar surface area (TPSA) is 37.8 Å².